The van der Waals surface area contributed by atoms with Gasteiger partial charge in [0.15, 0.2) is 0 Å². The molecule has 0 radical (unpaired) electrons. The van der Waals surface area contributed by atoms with Crippen molar-refractivity contribution < 1.29 is 9.90 Å². The molecule has 0 spiro atoms. The third kappa shape index (κ3) is 3.33. The molecule has 1 fully saturated rings. The normalized spacial score (nSPS) is 20.8. The van der Waals surface area contributed by atoms with Crippen LogP contribution in [0.5, 0.6) is 0 Å². The van der Waals surface area contributed by atoms with E-state index in [2.05, 4.69) is 44.1 Å². The predicted molar refractivity (Wildman–Crippen MR) is 98.1 cm³/mol. The lowest BCUT2D eigenvalue weighted by atomic mass is 9.92. The number of benzene rings is 1. The third-order valence-electron chi connectivity index (χ3n) is 5.34. The summed E-state index contributed by atoms with van der Waals surface area (Å²) in [4.78, 5) is 15.0. The Morgan fingerprint density at radius 3 is 2.76 bits per heavy atom. The molecule has 0 bridgehead atoms. The fourth-order valence-electron chi connectivity index (χ4n) is 3.70. The van der Waals surface area contributed by atoms with Crippen LogP contribution in [-0.4, -0.2) is 44.9 Å². The number of piperidine rings is 1. The Morgan fingerprint density at radius 2 is 2.08 bits per heavy atom. The summed E-state index contributed by atoms with van der Waals surface area (Å²) in [6.45, 7) is 9.02. The predicted octanol–water partition coefficient (Wildman–Crippen LogP) is 3.03. The molecule has 5 heteroatoms. The Bertz CT molecular complexity index is 781. The van der Waals surface area contributed by atoms with Gasteiger partial charge in [-0.3, -0.25) is 4.79 Å². The van der Waals surface area contributed by atoms with Crippen LogP contribution in [0.4, 0.5) is 0 Å². The zero-order valence-corrected chi connectivity index (χ0v) is 15.5. The molecule has 1 aliphatic heterocycles. The molecule has 1 aromatic carbocycles. The van der Waals surface area contributed by atoms with Crippen molar-refractivity contribution >= 4 is 5.91 Å². The number of carbonyl (C=O) groups is 1. The van der Waals surface area contributed by atoms with Crippen LogP contribution in [0.15, 0.2) is 24.4 Å². The summed E-state index contributed by atoms with van der Waals surface area (Å²) in [5.74, 6) is 0.343. The third-order valence-corrected chi connectivity index (χ3v) is 5.34. The molecule has 134 valence electrons. The number of aliphatic hydroxyl groups excluding tert-OH is 1. The monoisotopic (exact) mass is 341 g/mol. The molecule has 0 unspecified atom stereocenters. The number of likely N-dealkylation sites (tertiary alicyclic amines) is 1. The molecule has 1 amide bonds. The second kappa shape index (κ2) is 7.00. The van der Waals surface area contributed by atoms with Crippen molar-refractivity contribution in [3.05, 3.63) is 46.8 Å². The van der Waals surface area contributed by atoms with Crippen LogP contribution in [0.25, 0.3) is 5.69 Å². The van der Waals surface area contributed by atoms with Gasteiger partial charge in [-0.25, -0.2) is 4.68 Å². The number of amides is 1. The molecule has 25 heavy (non-hydrogen) atoms. The first-order chi connectivity index (χ1) is 11.9. The maximum Gasteiger partial charge on any atom is 0.257 e. The Kier molecular flexibility index (Phi) is 4.95. The van der Waals surface area contributed by atoms with Gasteiger partial charge in [0.2, 0.25) is 0 Å². The minimum absolute atomic E-state index is 0.0398. The molecule has 1 N–H and O–H groups in total. The Hall–Kier alpha value is -2.14. The fourth-order valence-corrected chi connectivity index (χ4v) is 3.70. The van der Waals surface area contributed by atoms with Gasteiger partial charge in [0, 0.05) is 19.2 Å². The summed E-state index contributed by atoms with van der Waals surface area (Å²) in [7, 11) is 0. The van der Waals surface area contributed by atoms with Crippen molar-refractivity contribution in [2.45, 2.75) is 46.6 Å². The second-order valence-electron chi connectivity index (χ2n) is 7.27. The van der Waals surface area contributed by atoms with Crippen molar-refractivity contribution in [3.8, 4) is 5.69 Å². The van der Waals surface area contributed by atoms with E-state index in [1.165, 1.54) is 5.56 Å². The number of aryl methyl sites for hydroxylation is 2. The van der Waals surface area contributed by atoms with E-state index in [1.54, 1.807) is 6.20 Å². The average molecular weight is 341 g/mol. The lowest BCUT2D eigenvalue weighted by Gasteiger charge is -2.37. The van der Waals surface area contributed by atoms with Gasteiger partial charge in [0.05, 0.1) is 23.1 Å². The number of carbonyl (C=O) groups excluding carboxylic acids is 1. The van der Waals surface area contributed by atoms with E-state index >= 15 is 0 Å². The van der Waals surface area contributed by atoms with Gasteiger partial charge in [0.25, 0.3) is 5.91 Å². The van der Waals surface area contributed by atoms with Crippen LogP contribution in [0.3, 0.4) is 0 Å². The van der Waals surface area contributed by atoms with Gasteiger partial charge in [0.1, 0.15) is 0 Å². The lowest BCUT2D eigenvalue weighted by molar-refractivity contribution is 0.0514. The highest BCUT2D eigenvalue weighted by molar-refractivity contribution is 5.95. The van der Waals surface area contributed by atoms with Crippen LogP contribution in [0.2, 0.25) is 0 Å². The van der Waals surface area contributed by atoms with Crippen LogP contribution < -0.4 is 0 Å². The Labute approximate surface area is 149 Å². The highest BCUT2D eigenvalue weighted by Gasteiger charge is 2.30. The van der Waals surface area contributed by atoms with Gasteiger partial charge in [-0.15, -0.1) is 0 Å². The zero-order chi connectivity index (χ0) is 18.1. The first kappa shape index (κ1) is 17.7. The van der Waals surface area contributed by atoms with Crippen LogP contribution in [-0.2, 0) is 0 Å². The zero-order valence-electron chi connectivity index (χ0n) is 15.5. The number of aromatic nitrogens is 2. The molecule has 1 aliphatic rings. The molecule has 2 aromatic rings. The van der Waals surface area contributed by atoms with Crippen molar-refractivity contribution in [1.29, 1.82) is 0 Å². The Morgan fingerprint density at radius 1 is 1.32 bits per heavy atom. The van der Waals surface area contributed by atoms with Crippen LogP contribution in [0, 0.1) is 26.7 Å². The van der Waals surface area contributed by atoms with E-state index < -0.39 is 0 Å². The minimum atomic E-state index is 0.0398. The van der Waals surface area contributed by atoms with E-state index in [0.29, 0.717) is 18.0 Å². The summed E-state index contributed by atoms with van der Waals surface area (Å²) in [5, 5.41) is 13.8. The summed E-state index contributed by atoms with van der Waals surface area (Å²) >= 11 is 0. The highest BCUT2D eigenvalue weighted by atomic mass is 16.3. The molecule has 0 aliphatic carbocycles. The van der Waals surface area contributed by atoms with Crippen molar-refractivity contribution in [1.82, 2.24) is 14.7 Å². The highest BCUT2D eigenvalue weighted by Crippen LogP contribution is 2.26. The van der Waals surface area contributed by atoms with Gasteiger partial charge < -0.3 is 10.0 Å². The summed E-state index contributed by atoms with van der Waals surface area (Å²) < 4.78 is 1.86. The number of hydrogen-bond donors (Lipinski definition) is 1. The minimum Gasteiger partial charge on any atom is -0.396 e. The standard InChI is InChI=1S/C20H27N3O2/c1-13-5-6-14(2)19(9-13)23-16(4)18(11-21-23)20(25)22-8-7-17(12-24)10-15(22)3/h5-6,9,11,15,17,24H,7-8,10,12H2,1-4H3/t15-,17-/m1/s1. The molecule has 1 saturated heterocycles. The first-order valence-corrected chi connectivity index (χ1v) is 8.96. The molecule has 1 aromatic heterocycles. The average Bonchev–Trinajstić information content (AvgIpc) is 2.97. The van der Waals surface area contributed by atoms with Gasteiger partial charge in [-0.05, 0) is 63.6 Å². The fraction of sp³-hybridized carbons (Fsp3) is 0.500. The van der Waals surface area contributed by atoms with Crippen LogP contribution >= 0.6 is 0 Å². The molecular formula is C20H27N3O2. The van der Waals surface area contributed by atoms with Crippen molar-refractivity contribution in [3.63, 3.8) is 0 Å². The topological polar surface area (TPSA) is 58.4 Å². The van der Waals surface area contributed by atoms with E-state index in [9.17, 15) is 9.90 Å². The number of aliphatic hydroxyl groups is 1. The van der Waals surface area contributed by atoms with Gasteiger partial charge in [-0.2, -0.15) is 5.10 Å². The van der Waals surface area contributed by atoms with E-state index in [-0.39, 0.29) is 18.6 Å². The lowest BCUT2D eigenvalue weighted by Crippen LogP contribution is -2.45. The molecule has 2 heterocycles. The molecular weight excluding hydrogens is 314 g/mol. The Balaban J connectivity index is 1.88. The summed E-state index contributed by atoms with van der Waals surface area (Å²) in [6.07, 6.45) is 3.40. The molecule has 5 nitrogen and oxygen atoms in total. The smallest absolute Gasteiger partial charge is 0.257 e. The van der Waals surface area contributed by atoms with E-state index in [0.717, 1.165) is 29.8 Å². The van der Waals surface area contributed by atoms with Crippen LogP contribution in [0.1, 0.15) is 46.9 Å². The van der Waals surface area contributed by atoms with E-state index in [4.69, 9.17) is 0 Å². The van der Waals surface area contributed by atoms with Gasteiger partial charge in [-0.1, -0.05) is 12.1 Å². The maximum atomic E-state index is 13.0. The summed E-state index contributed by atoms with van der Waals surface area (Å²) in [5.41, 5.74) is 4.85. The van der Waals surface area contributed by atoms with Crippen molar-refractivity contribution in [2.75, 3.05) is 13.2 Å². The molecule has 2 atom stereocenters. The maximum absolute atomic E-state index is 13.0. The molecule has 0 saturated carbocycles. The second-order valence-corrected chi connectivity index (χ2v) is 7.27. The number of rotatable bonds is 3. The molecule has 3 rings (SSSR count). The first-order valence-electron chi connectivity index (χ1n) is 8.96. The van der Waals surface area contributed by atoms with Gasteiger partial charge >= 0.3 is 0 Å². The largest absolute Gasteiger partial charge is 0.396 e. The quantitative estimate of drug-likeness (QED) is 0.933. The van der Waals surface area contributed by atoms with E-state index in [1.807, 2.05) is 16.5 Å². The SMILES string of the molecule is Cc1ccc(C)c(-n2ncc(C(=O)N3CC[C@@H](CO)C[C@H]3C)c2C)c1. The van der Waals surface area contributed by atoms with Crippen molar-refractivity contribution in [2.24, 2.45) is 5.92 Å². The summed E-state index contributed by atoms with van der Waals surface area (Å²) in [6, 6.07) is 6.40. The number of nitrogens with zero attached hydrogens (tertiary/aromatic N) is 3. The number of hydrogen-bond acceptors (Lipinski definition) is 3.